The van der Waals surface area contributed by atoms with Gasteiger partial charge in [-0.1, -0.05) is 38.4 Å². The Kier molecular flexibility index (Phi) is 10.2. The first-order valence-electron chi connectivity index (χ1n) is 17.5. The highest BCUT2D eigenvalue weighted by atomic mass is 35.5. The van der Waals surface area contributed by atoms with Crippen LogP contribution in [0.1, 0.15) is 46.5 Å². The van der Waals surface area contributed by atoms with E-state index in [1.165, 1.54) is 35.6 Å². The van der Waals surface area contributed by atoms with Gasteiger partial charge in [-0.25, -0.2) is 18.4 Å². The lowest BCUT2D eigenvalue weighted by Gasteiger charge is -2.35. The summed E-state index contributed by atoms with van der Waals surface area (Å²) in [6, 6.07) is 5.30. The maximum atomic E-state index is 14.8. The van der Waals surface area contributed by atoms with Crippen molar-refractivity contribution in [3.05, 3.63) is 64.3 Å². The number of fused-ring (bicyclic) bond motifs is 1. The third-order valence-corrected chi connectivity index (χ3v) is 13.6. The van der Waals surface area contributed by atoms with Crippen molar-refractivity contribution in [2.75, 3.05) is 19.0 Å². The fourth-order valence-electron chi connectivity index (χ4n) is 6.79. The summed E-state index contributed by atoms with van der Waals surface area (Å²) in [5, 5.41) is 13.8. The van der Waals surface area contributed by atoms with E-state index >= 15 is 0 Å². The van der Waals surface area contributed by atoms with Gasteiger partial charge in [0.15, 0.2) is 5.13 Å². The molecule has 0 bridgehead atoms. The van der Waals surface area contributed by atoms with Crippen LogP contribution in [0, 0.1) is 11.3 Å². The van der Waals surface area contributed by atoms with Crippen LogP contribution < -0.4 is 24.8 Å². The van der Waals surface area contributed by atoms with E-state index in [1.54, 1.807) is 29.5 Å². The van der Waals surface area contributed by atoms with Crippen LogP contribution in [-0.2, 0) is 24.4 Å². The molecule has 13 nitrogen and oxygen atoms in total. The largest absolute Gasteiger partial charge is 0.494 e. The lowest BCUT2D eigenvalue weighted by atomic mass is 9.85. The van der Waals surface area contributed by atoms with Crippen molar-refractivity contribution >= 4 is 77.9 Å². The molecule has 4 aromatic rings. The fraction of sp³-hybridized carbons (Fsp3) is 0.432. The minimum Gasteiger partial charge on any atom is -0.494 e. The van der Waals surface area contributed by atoms with E-state index in [9.17, 15) is 22.8 Å². The van der Waals surface area contributed by atoms with Crippen molar-refractivity contribution < 1.29 is 32.3 Å². The molecule has 3 fully saturated rings. The molecule has 17 heteroatoms. The summed E-state index contributed by atoms with van der Waals surface area (Å²) < 4.78 is 39.6. The zero-order valence-electron chi connectivity index (χ0n) is 30.1. The number of hydrogen-bond donors (Lipinski definition) is 3. The van der Waals surface area contributed by atoms with Gasteiger partial charge in [0.2, 0.25) is 27.7 Å². The Hall–Kier alpha value is -4.25. The van der Waals surface area contributed by atoms with Gasteiger partial charge in [0.25, 0.3) is 5.91 Å². The maximum Gasteiger partial charge on any atom is 0.259 e. The Morgan fingerprint density at radius 1 is 1.17 bits per heavy atom. The number of benzene rings is 1. The fourth-order valence-corrected chi connectivity index (χ4v) is 9.73. The molecule has 3 aromatic heterocycles. The Morgan fingerprint density at radius 3 is 2.59 bits per heavy atom. The van der Waals surface area contributed by atoms with Crippen molar-refractivity contribution in [1.29, 1.82) is 0 Å². The number of ether oxygens (including phenoxy) is 2. The molecular formula is C37H41ClN6O7S3. The van der Waals surface area contributed by atoms with E-state index in [0.717, 1.165) is 11.3 Å². The van der Waals surface area contributed by atoms with Gasteiger partial charge in [0, 0.05) is 44.5 Å². The topological polar surface area (TPSA) is 169 Å². The zero-order chi connectivity index (χ0) is 38.6. The van der Waals surface area contributed by atoms with Gasteiger partial charge in [-0.15, -0.1) is 17.9 Å². The number of thiazole rings is 1. The smallest absolute Gasteiger partial charge is 0.259 e. The van der Waals surface area contributed by atoms with Crippen LogP contribution in [0.25, 0.3) is 22.0 Å². The number of rotatable bonds is 13. The van der Waals surface area contributed by atoms with Crippen molar-refractivity contribution in [2.24, 2.45) is 11.3 Å². The monoisotopic (exact) mass is 812 g/mol. The number of aromatic nitrogens is 2. The Morgan fingerprint density at radius 2 is 1.94 bits per heavy atom. The first kappa shape index (κ1) is 38.0. The summed E-state index contributed by atoms with van der Waals surface area (Å²) in [7, 11) is -2.35. The molecule has 286 valence electrons. The van der Waals surface area contributed by atoms with Gasteiger partial charge in [-0.2, -0.15) is 11.3 Å². The molecule has 2 aliphatic carbocycles. The molecule has 7 rings (SSSR count). The van der Waals surface area contributed by atoms with Crippen LogP contribution in [0.3, 0.4) is 0 Å². The minimum absolute atomic E-state index is 0.0130. The maximum absolute atomic E-state index is 14.8. The molecule has 3 amide bonds. The highest BCUT2D eigenvalue weighted by Gasteiger charge is 2.62. The van der Waals surface area contributed by atoms with E-state index in [0.29, 0.717) is 39.5 Å². The van der Waals surface area contributed by atoms with Crippen LogP contribution in [0.2, 0.25) is 5.02 Å². The number of likely N-dealkylation sites (tertiary alicyclic amines) is 1. The number of sulfonamides is 1. The second-order valence-electron chi connectivity index (χ2n) is 15.0. The van der Waals surface area contributed by atoms with Crippen LogP contribution in [0.5, 0.6) is 11.6 Å². The van der Waals surface area contributed by atoms with E-state index in [1.807, 2.05) is 43.0 Å². The van der Waals surface area contributed by atoms with Gasteiger partial charge >= 0.3 is 0 Å². The van der Waals surface area contributed by atoms with Gasteiger partial charge in [0.1, 0.15) is 29.5 Å². The third kappa shape index (κ3) is 7.53. The number of nitrogens with zero attached hydrogens (tertiary/aromatic N) is 3. The van der Waals surface area contributed by atoms with Gasteiger partial charge < -0.3 is 25.0 Å². The highest BCUT2D eigenvalue weighted by Crippen LogP contribution is 2.46. The Balaban J connectivity index is 1.19. The number of carbonyl (C=O) groups excluding carboxylic acids is 3. The summed E-state index contributed by atoms with van der Waals surface area (Å²) in [6.45, 7) is 9.58. The second-order valence-corrected chi connectivity index (χ2v) is 19.0. The van der Waals surface area contributed by atoms with Crippen LogP contribution >= 0.6 is 34.3 Å². The number of hydrogen-bond acceptors (Lipinski definition) is 12. The standard InChI is InChI=1S/C37H41ClN6O7S3/c1-6-21-15-37(21,34(47)43-54(48,49)24-8-9-24)42-31(45)28-14-23(51-32-26-13-22(38)7-10-25(26)29(50-5)16-39-32)17-44(28)33(46)30(36(2,3)4)41-35-40-27(19-53-35)20-11-12-52-18-20/h6-7,10-13,16,18-19,21,23-24,28,30H,1,8-9,14-15,17H2,2-5H3,(H,40,41)(H,42,45)(H,43,47)/t21-,23-,28+,30-,37-/m1/s1. The van der Waals surface area contributed by atoms with Crippen molar-refractivity contribution in [3.8, 4) is 22.9 Å². The number of pyridine rings is 1. The van der Waals surface area contributed by atoms with Crippen molar-refractivity contribution in [3.63, 3.8) is 0 Å². The lowest BCUT2D eigenvalue weighted by Crippen LogP contribution is -2.58. The van der Waals surface area contributed by atoms with Crippen molar-refractivity contribution in [2.45, 2.75) is 75.4 Å². The molecule has 3 N–H and O–H groups in total. The second kappa shape index (κ2) is 14.4. The van der Waals surface area contributed by atoms with Crippen LogP contribution in [-0.4, -0.2) is 83.6 Å². The minimum atomic E-state index is -3.89. The number of thiophene rings is 1. The van der Waals surface area contributed by atoms with Gasteiger partial charge in [0.05, 0.1) is 30.8 Å². The third-order valence-electron chi connectivity index (χ3n) is 10.1. The van der Waals surface area contributed by atoms with E-state index in [4.69, 9.17) is 26.1 Å². The molecule has 0 radical (unpaired) electrons. The molecular weight excluding hydrogens is 772 g/mol. The van der Waals surface area contributed by atoms with E-state index in [2.05, 4.69) is 26.9 Å². The summed E-state index contributed by atoms with van der Waals surface area (Å²) in [5.41, 5.74) is -0.414. The Bertz CT molecular complexity index is 2220. The Labute approximate surface area is 326 Å². The van der Waals surface area contributed by atoms with E-state index in [-0.39, 0.29) is 31.2 Å². The summed E-state index contributed by atoms with van der Waals surface area (Å²) in [6.07, 6.45) is 3.52. The molecule has 1 aliphatic heterocycles. The number of carbonyl (C=O) groups is 3. The molecule has 0 spiro atoms. The van der Waals surface area contributed by atoms with Gasteiger partial charge in [-0.3, -0.25) is 19.1 Å². The lowest BCUT2D eigenvalue weighted by molar-refractivity contribution is -0.141. The van der Waals surface area contributed by atoms with Crippen LogP contribution in [0.15, 0.2) is 59.3 Å². The number of amides is 3. The molecule has 2 saturated carbocycles. The molecule has 1 aromatic carbocycles. The predicted octanol–water partition coefficient (Wildman–Crippen LogP) is 5.63. The number of nitrogens with one attached hydrogen (secondary N) is 3. The molecule has 3 aliphatic rings. The average Bonchev–Trinajstić information content (AvgIpc) is 3.89. The molecule has 1 saturated heterocycles. The summed E-state index contributed by atoms with van der Waals surface area (Å²) in [5.74, 6) is -1.54. The van der Waals surface area contributed by atoms with Crippen molar-refractivity contribution in [1.82, 2.24) is 24.9 Å². The molecule has 0 unspecified atom stereocenters. The zero-order valence-corrected chi connectivity index (χ0v) is 33.3. The first-order chi connectivity index (χ1) is 25.6. The average molecular weight is 813 g/mol. The molecule has 54 heavy (non-hydrogen) atoms. The quantitative estimate of drug-likeness (QED) is 0.144. The molecule has 5 atom stereocenters. The van der Waals surface area contributed by atoms with Crippen LogP contribution in [0.4, 0.5) is 5.13 Å². The SMILES string of the molecule is C=C[C@@H]1C[C@]1(NC(=O)[C@@H]1C[C@@H](Oc2ncc(OC)c3ccc(Cl)cc23)CN1C(=O)[C@@H](Nc1nc(-c2ccsc2)cs1)C(C)(C)C)C(=O)NS(=O)(=O)C1CC1. The number of halogens is 1. The summed E-state index contributed by atoms with van der Waals surface area (Å²) in [4.78, 5) is 53.4. The number of methoxy groups -OCH3 is 1. The van der Waals surface area contributed by atoms with E-state index < -0.39 is 62.1 Å². The normalized spacial score (nSPS) is 23.1. The molecule has 4 heterocycles. The predicted molar refractivity (Wildman–Crippen MR) is 209 cm³/mol. The van der Waals surface area contributed by atoms with Gasteiger partial charge in [-0.05, 0) is 54.3 Å². The first-order valence-corrected chi connectivity index (χ1v) is 21.2. The highest BCUT2D eigenvalue weighted by molar-refractivity contribution is 7.91. The summed E-state index contributed by atoms with van der Waals surface area (Å²) >= 11 is 9.31. The number of anilines is 1.